The van der Waals surface area contributed by atoms with Crippen molar-refractivity contribution in [3.05, 3.63) is 0 Å². The molecule has 0 aromatic rings. The van der Waals surface area contributed by atoms with Crippen molar-refractivity contribution in [1.82, 2.24) is 5.32 Å². The summed E-state index contributed by atoms with van der Waals surface area (Å²) in [5.41, 5.74) is -0.269. The van der Waals surface area contributed by atoms with Crippen LogP contribution in [0.1, 0.15) is 19.3 Å². The Morgan fingerprint density at radius 3 is 2.75 bits per heavy atom. The summed E-state index contributed by atoms with van der Waals surface area (Å²) >= 11 is 0. The zero-order valence-electron chi connectivity index (χ0n) is 7.13. The molecule has 70 valence electrons. The molecule has 12 heavy (non-hydrogen) atoms. The van der Waals surface area contributed by atoms with Gasteiger partial charge in [-0.2, -0.15) is 0 Å². The standard InChI is InChI=1S/C8H13NO2.ClH/c1-11-7(10)8-4-2-6(8)3-5-9-8;/h6,9H,2-5H2,1H3;1H/t6-,8-;/m0./s1. The third kappa shape index (κ3) is 1.04. The Labute approximate surface area is 78.3 Å². The van der Waals surface area contributed by atoms with E-state index in [0.717, 1.165) is 19.4 Å². The van der Waals surface area contributed by atoms with E-state index in [9.17, 15) is 4.79 Å². The normalized spacial score (nSPS) is 37.6. The quantitative estimate of drug-likeness (QED) is 0.621. The summed E-state index contributed by atoms with van der Waals surface area (Å²) in [6.45, 7) is 0.972. The Morgan fingerprint density at radius 1 is 1.58 bits per heavy atom. The van der Waals surface area contributed by atoms with Crippen LogP contribution in [0, 0.1) is 5.92 Å². The first-order valence-electron chi connectivity index (χ1n) is 4.13. The van der Waals surface area contributed by atoms with Crippen molar-refractivity contribution in [1.29, 1.82) is 0 Å². The largest absolute Gasteiger partial charge is 0.468 e. The van der Waals surface area contributed by atoms with Gasteiger partial charge in [-0.25, -0.2) is 0 Å². The molecule has 4 heteroatoms. The highest BCUT2D eigenvalue weighted by Crippen LogP contribution is 2.44. The van der Waals surface area contributed by atoms with Crippen molar-refractivity contribution in [2.75, 3.05) is 13.7 Å². The molecule has 1 aliphatic carbocycles. The van der Waals surface area contributed by atoms with Gasteiger partial charge in [0.05, 0.1) is 7.11 Å². The molecule has 2 atom stereocenters. The van der Waals surface area contributed by atoms with Crippen LogP contribution in [-0.4, -0.2) is 25.2 Å². The van der Waals surface area contributed by atoms with Crippen molar-refractivity contribution in [2.45, 2.75) is 24.8 Å². The van der Waals surface area contributed by atoms with Crippen LogP contribution < -0.4 is 5.32 Å². The number of esters is 1. The van der Waals surface area contributed by atoms with Gasteiger partial charge in [-0.1, -0.05) is 0 Å². The highest BCUT2D eigenvalue weighted by Gasteiger charge is 2.56. The van der Waals surface area contributed by atoms with Crippen LogP contribution >= 0.6 is 12.4 Å². The highest BCUT2D eigenvalue weighted by atomic mass is 35.5. The molecule has 2 fully saturated rings. The van der Waals surface area contributed by atoms with E-state index in [4.69, 9.17) is 4.74 Å². The fourth-order valence-electron chi connectivity index (χ4n) is 2.25. The second-order valence-electron chi connectivity index (χ2n) is 3.41. The van der Waals surface area contributed by atoms with E-state index in [1.807, 2.05) is 0 Å². The smallest absolute Gasteiger partial charge is 0.326 e. The molecule has 0 spiro atoms. The Kier molecular flexibility index (Phi) is 2.64. The van der Waals surface area contributed by atoms with Crippen molar-refractivity contribution >= 4 is 18.4 Å². The lowest BCUT2D eigenvalue weighted by Crippen LogP contribution is -2.58. The molecule has 0 aromatic carbocycles. The molecule has 0 aromatic heterocycles. The molecule has 1 aliphatic heterocycles. The Hall–Kier alpha value is -0.280. The fourth-order valence-corrected chi connectivity index (χ4v) is 2.25. The molecule has 2 rings (SSSR count). The monoisotopic (exact) mass is 191 g/mol. The van der Waals surface area contributed by atoms with E-state index < -0.39 is 0 Å². The molecular formula is C8H14ClNO2. The van der Waals surface area contributed by atoms with E-state index in [1.165, 1.54) is 13.5 Å². The van der Waals surface area contributed by atoms with E-state index in [0.29, 0.717) is 5.92 Å². The van der Waals surface area contributed by atoms with Crippen LogP contribution in [-0.2, 0) is 9.53 Å². The third-order valence-corrected chi connectivity index (χ3v) is 3.07. The van der Waals surface area contributed by atoms with Crippen LogP contribution in [0.15, 0.2) is 0 Å². The third-order valence-electron chi connectivity index (χ3n) is 3.07. The molecule has 0 radical (unpaired) electrons. The number of ether oxygens (including phenoxy) is 1. The van der Waals surface area contributed by atoms with Gasteiger partial charge in [-0.3, -0.25) is 4.79 Å². The maximum Gasteiger partial charge on any atom is 0.326 e. The number of carbonyl (C=O) groups excluding carboxylic acids is 1. The van der Waals surface area contributed by atoms with Crippen molar-refractivity contribution in [3.8, 4) is 0 Å². The van der Waals surface area contributed by atoms with Crippen molar-refractivity contribution in [3.63, 3.8) is 0 Å². The summed E-state index contributed by atoms with van der Waals surface area (Å²) in [6, 6.07) is 0. The minimum atomic E-state index is -0.269. The molecule has 0 unspecified atom stereocenters. The zero-order valence-corrected chi connectivity index (χ0v) is 7.95. The topological polar surface area (TPSA) is 38.3 Å². The van der Waals surface area contributed by atoms with Gasteiger partial charge in [0.1, 0.15) is 5.54 Å². The van der Waals surface area contributed by atoms with Gasteiger partial charge in [0, 0.05) is 0 Å². The van der Waals surface area contributed by atoms with Crippen LogP contribution in [0.5, 0.6) is 0 Å². The maximum absolute atomic E-state index is 11.3. The summed E-state index contributed by atoms with van der Waals surface area (Å²) in [6.07, 6.45) is 3.28. The van der Waals surface area contributed by atoms with Gasteiger partial charge in [0.15, 0.2) is 0 Å². The molecule has 1 saturated heterocycles. The van der Waals surface area contributed by atoms with Gasteiger partial charge in [-0.15, -0.1) is 12.4 Å². The second-order valence-corrected chi connectivity index (χ2v) is 3.41. The maximum atomic E-state index is 11.3. The highest BCUT2D eigenvalue weighted by molar-refractivity contribution is 5.85. The second kappa shape index (κ2) is 3.23. The predicted molar refractivity (Wildman–Crippen MR) is 47.3 cm³/mol. The first-order valence-corrected chi connectivity index (χ1v) is 4.13. The number of nitrogens with one attached hydrogen (secondary N) is 1. The van der Waals surface area contributed by atoms with E-state index in [1.54, 1.807) is 0 Å². The van der Waals surface area contributed by atoms with Crippen LogP contribution in [0.25, 0.3) is 0 Å². The number of hydrogen-bond donors (Lipinski definition) is 1. The van der Waals surface area contributed by atoms with Gasteiger partial charge >= 0.3 is 5.97 Å². The van der Waals surface area contributed by atoms with Gasteiger partial charge in [0.2, 0.25) is 0 Å². The minimum absolute atomic E-state index is 0. The van der Waals surface area contributed by atoms with E-state index in [-0.39, 0.29) is 23.9 Å². The van der Waals surface area contributed by atoms with Gasteiger partial charge < -0.3 is 10.1 Å². The molecule has 1 saturated carbocycles. The average molecular weight is 192 g/mol. The van der Waals surface area contributed by atoms with Gasteiger partial charge in [-0.05, 0) is 31.7 Å². The first kappa shape index (κ1) is 9.81. The summed E-state index contributed by atoms with van der Waals surface area (Å²) in [4.78, 5) is 11.3. The fraction of sp³-hybridized carbons (Fsp3) is 0.875. The molecule has 0 bridgehead atoms. The van der Waals surface area contributed by atoms with Crippen LogP contribution in [0.3, 0.4) is 0 Å². The molecule has 3 nitrogen and oxygen atoms in total. The SMILES string of the molecule is COC(=O)[C@]12CC[C@H]1CCN2.Cl. The Bertz CT molecular complexity index is 197. The van der Waals surface area contributed by atoms with E-state index >= 15 is 0 Å². The number of hydrogen-bond acceptors (Lipinski definition) is 3. The Balaban J connectivity index is 0.000000720. The molecule has 2 aliphatic rings. The summed E-state index contributed by atoms with van der Waals surface area (Å²) in [5.74, 6) is 0.487. The molecule has 1 heterocycles. The number of halogens is 1. The first-order chi connectivity index (χ1) is 5.29. The summed E-state index contributed by atoms with van der Waals surface area (Å²) in [7, 11) is 1.46. The number of rotatable bonds is 1. The lowest BCUT2D eigenvalue weighted by atomic mass is 9.68. The zero-order chi connectivity index (χ0) is 7.90. The molecular weight excluding hydrogens is 178 g/mol. The van der Waals surface area contributed by atoms with Crippen LogP contribution in [0.2, 0.25) is 0 Å². The minimum Gasteiger partial charge on any atom is -0.468 e. The number of fused-ring (bicyclic) bond motifs is 1. The predicted octanol–water partition coefficient (Wildman–Crippen LogP) is 0.723. The van der Waals surface area contributed by atoms with Crippen LogP contribution in [0.4, 0.5) is 0 Å². The van der Waals surface area contributed by atoms with Gasteiger partial charge in [0.25, 0.3) is 0 Å². The molecule has 0 amide bonds. The lowest BCUT2D eigenvalue weighted by molar-refractivity contribution is -0.154. The van der Waals surface area contributed by atoms with Crippen molar-refractivity contribution < 1.29 is 9.53 Å². The Morgan fingerprint density at radius 2 is 2.33 bits per heavy atom. The average Bonchev–Trinajstić information content (AvgIpc) is 2.27. The molecule has 1 N–H and O–H groups in total. The number of methoxy groups -OCH3 is 1. The summed E-state index contributed by atoms with van der Waals surface area (Å²) in [5, 5.41) is 3.25. The van der Waals surface area contributed by atoms with E-state index in [2.05, 4.69) is 5.32 Å². The number of carbonyl (C=O) groups is 1. The summed E-state index contributed by atoms with van der Waals surface area (Å²) < 4.78 is 4.76. The van der Waals surface area contributed by atoms with Crippen molar-refractivity contribution in [2.24, 2.45) is 5.92 Å². The lowest BCUT2D eigenvalue weighted by Gasteiger charge is -2.41.